The van der Waals surface area contributed by atoms with Crippen molar-refractivity contribution in [1.29, 1.82) is 0 Å². The maximum absolute atomic E-state index is 10.8. The van der Waals surface area contributed by atoms with Crippen LogP contribution in [-0.2, 0) is 9.53 Å². The lowest BCUT2D eigenvalue weighted by Crippen LogP contribution is -2.04. The number of esters is 1. The molecule has 5 nitrogen and oxygen atoms in total. The molecule has 0 amide bonds. The first kappa shape index (κ1) is 14.9. The molecule has 0 heterocycles. The molecule has 0 N–H and O–H groups in total. The van der Waals surface area contributed by atoms with Crippen LogP contribution in [0.15, 0.2) is 18.7 Å². The van der Waals surface area contributed by atoms with Gasteiger partial charge in [0.2, 0.25) is 0 Å². The number of carbonyl (C=O) groups excluding carboxylic acids is 1. The lowest BCUT2D eigenvalue weighted by atomic mass is 10.1. The molecule has 0 atom stereocenters. The summed E-state index contributed by atoms with van der Waals surface area (Å²) in [4.78, 5) is 10.8. The van der Waals surface area contributed by atoms with Crippen molar-refractivity contribution in [2.45, 2.75) is 6.92 Å². The molecular weight excluding hydrogens is 248 g/mol. The highest BCUT2D eigenvalue weighted by molar-refractivity contribution is 5.75. The summed E-state index contributed by atoms with van der Waals surface area (Å²) in [5.74, 6) is 1.33. The third-order valence-electron chi connectivity index (χ3n) is 2.54. The summed E-state index contributed by atoms with van der Waals surface area (Å²) in [5, 5.41) is 0. The predicted molar refractivity (Wildman–Crippen MR) is 71.8 cm³/mol. The standard InChI is InChI=1S/C14H18O5/c1-9(8-19-10(2)15)11-6-13(17-4)14(18-5)7-12(11)16-3/h6-7H,1,8H2,2-5H3. The van der Waals surface area contributed by atoms with Crippen LogP contribution in [0.25, 0.3) is 5.57 Å². The molecule has 0 bridgehead atoms. The largest absolute Gasteiger partial charge is 0.496 e. The van der Waals surface area contributed by atoms with Crippen LogP contribution in [0, 0.1) is 0 Å². The number of benzene rings is 1. The van der Waals surface area contributed by atoms with Crippen LogP contribution in [0.4, 0.5) is 0 Å². The summed E-state index contributed by atoms with van der Waals surface area (Å²) >= 11 is 0. The maximum atomic E-state index is 10.8. The van der Waals surface area contributed by atoms with E-state index in [2.05, 4.69) is 6.58 Å². The SMILES string of the molecule is C=C(COC(C)=O)c1cc(OC)c(OC)cc1OC. The van der Waals surface area contributed by atoms with E-state index in [0.29, 0.717) is 28.4 Å². The van der Waals surface area contributed by atoms with Crippen LogP contribution >= 0.6 is 0 Å². The van der Waals surface area contributed by atoms with Gasteiger partial charge in [-0.25, -0.2) is 0 Å². The quantitative estimate of drug-likeness (QED) is 0.739. The highest BCUT2D eigenvalue weighted by Gasteiger charge is 2.14. The smallest absolute Gasteiger partial charge is 0.302 e. The summed E-state index contributed by atoms with van der Waals surface area (Å²) in [6.07, 6.45) is 0. The van der Waals surface area contributed by atoms with Crippen LogP contribution in [-0.4, -0.2) is 33.9 Å². The van der Waals surface area contributed by atoms with Gasteiger partial charge in [-0.05, 0) is 11.6 Å². The topological polar surface area (TPSA) is 54.0 Å². The summed E-state index contributed by atoms with van der Waals surface area (Å²) in [6.45, 7) is 5.33. The number of hydrogen-bond donors (Lipinski definition) is 0. The number of ether oxygens (including phenoxy) is 4. The van der Waals surface area contributed by atoms with Crippen LogP contribution < -0.4 is 14.2 Å². The second kappa shape index (κ2) is 6.68. The minimum absolute atomic E-state index is 0.0984. The Morgan fingerprint density at radius 3 is 2.05 bits per heavy atom. The van der Waals surface area contributed by atoms with Gasteiger partial charge in [-0.1, -0.05) is 6.58 Å². The number of methoxy groups -OCH3 is 3. The first-order valence-corrected chi connectivity index (χ1v) is 5.65. The molecule has 104 valence electrons. The normalized spacial score (nSPS) is 9.68. The molecule has 0 aliphatic rings. The van der Waals surface area contributed by atoms with E-state index in [0.717, 1.165) is 0 Å². The molecule has 0 fully saturated rings. The Morgan fingerprint density at radius 1 is 1.05 bits per heavy atom. The molecule has 0 radical (unpaired) electrons. The van der Waals surface area contributed by atoms with E-state index in [1.165, 1.54) is 6.92 Å². The third kappa shape index (κ3) is 3.64. The molecule has 0 aromatic heterocycles. The minimum atomic E-state index is -0.361. The molecular formula is C14H18O5. The van der Waals surface area contributed by atoms with E-state index in [1.807, 2.05) is 0 Å². The van der Waals surface area contributed by atoms with Crippen molar-refractivity contribution >= 4 is 11.5 Å². The van der Waals surface area contributed by atoms with Crippen molar-refractivity contribution < 1.29 is 23.7 Å². The van der Waals surface area contributed by atoms with Crippen molar-refractivity contribution in [2.24, 2.45) is 0 Å². The number of hydrogen-bond acceptors (Lipinski definition) is 5. The van der Waals surface area contributed by atoms with Crippen LogP contribution in [0.5, 0.6) is 17.2 Å². The molecule has 0 aliphatic carbocycles. The van der Waals surface area contributed by atoms with Gasteiger partial charge in [0.15, 0.2) is 11.5 Å². The van der Waals surface area contributed by atoms with Crippen molar-refractivity contribution in [2.75, 3.05) is 27.9 Å². The fraction of sp³-hybridized carbons (Fsp3) is 0.357. The Hall–Kier alpha value is -2.17. The van der Waals surface area contributed by atoms with Gasteiger partial charge in [0, 0.05) is 18.6 Å². The molecule has 0 saturated heterocycles. The van der Waals surface area contributed by atoms with Crippen molar-refractivity contribution in [3.63, 3.8) is 0 Å². The monoisotopic (exact) mass is 266 g/mol. The molecule has 0 aliphatic heterocycles. The average Bonchev–Trinajstić information content (AvgIpc) is 2.42. The van der Waals surface area contributed by atoms with E-state index in [1.54, 1.807) is 33.5 Å². The number of carbonyl (C=O) groups is 1. The third-order valence-corrected chi connectivity index (χ3v) is 2.54. The van der Waals surface area contributed by atoms with Crippen molar-refractivity contribution in [3.05, 3.63) is 24.3 Å². The highest BCUT2D eigenvalue weighted by atomic mass is 16.5. The van der Waals surface area contributed by atoms with Gasteiger partial charge in [0.05, 0.1) is 21.3 Å². The Balaban J connectivity index is 3.10. The van der Waals surface area contributed by atoms with Gasteiger partial charge in [0.1, 0.15) is 12.4 Å². The van der Waals surface area contributed by atoms with E-state index in [4.69, 9.17) is 18.9 Å². The molecule has 1 aromatic carbocycles. The van der Waals surface area contributed by atoms with Gasteiger partial charge in [-0.2, -0.15) is 0 Å². The second-order valence-corrected chi connectivity index (χ2v) is 3.79. The Kier molecular flexibility index (Phi) is 5.23. The molecule has 0 unspecified atom stereocenters. The first-order chi connectivity index (χ1) is 9.03. The van der Waals surface area contributed by atoms with Gasteiger partial charge in [0.25, 0.3) is 0 Å². The fourth-order valence-corrected chi connectivity index (χ4v) is 1.57. The van der Waals surface area contributed by atoms with Crippen molar-refractivity contribution in [1.82, 2.24) is 0 Å². The minimum Gasteiger partial charge on any atom is -0.496 e. The second-order valence-electron chi connectivity index (χ2n) is 3.79. The molecule has 0 spiro atoms. The summed E-state index contributed by atoms with van der Waals surface area (Å²) < 4.78 is 20.6. The zero-order chi connectivity index (χ0) is 14.4. The zero-order valence-electron chi connectivity index (χ0n) is 11.6. The van der Waals surface area contributed by atoms with E-state index >= 15 is 0 Å². The lowest BCUT2D eigenvalue weighted by molar-refractivity contribution is -0.139. The summed E-state index contributed by atoms with van der Waals surface area (Å²) in [6, 6.07) is 3.44. The summed E-state index contributed by atoms with van der Waals surface area (Å²) in [5.41, 5.74) is 1.33. The predicted octanol–water partition coefficient (Wildman–Crippen LogP) is 2.29. The molecule has 1 aromatic rings. The van der Waals surface area contributed by atoms with E-state index < -0.39 is 0 Å². The summed E-state index contributed by atoms with van der Waals surface area (Å²) in [7, 11) is 4.64. The Labute approximate surface area is 112 Å². The van der Waals surface area contributed by atoms with Crippen LogP contribution in [0.1, 0.15) is 12.5 Å². The molecule has 19 heavy (non-hydrogen) atoms. The first-order valence-electron chi connectivity index (χ1n) is 5.65. The van der Waals surface area contributed by atoms with Crippen LogP contribution in [0.2, 0.25) is 0 Å². The average molecular weight is 266 g/mol. The highest BCUT2D eigenvalue weighted by Crippen LogP contribution is 2.37. The van der Waals surface area contributed by atoms with E-state index in [9.17, 15) is 4.79 Å². The molecule has 5 heteroatoms. The fourth-order valence-electron chi connectivity index (χ4n) is 1.57. The Morgan fingerprint density at radius 2 is 1.58 bits per heavy atom. The number of rotatable bonds is 6. The zero-order valence-corrected chi connectivity index (χ0v) is 11.6. The van der Waals surface area contributed by atoms with Gasteiger partial charge < -0.3 is 18.9 Å². The van der Waals surface area contributed by atoms with Gasteiger partial charge >= 0.3 is 5.97 Å². The van der Waals surface area contributed by atoms with Gasteiger partial charge in [-0.3, -0.25) is 4.79 Å². The lowest BCUT2D eigenvalue weighted by Gasteiger charge is -2.15. The van der Waals surface area contributed by atoms with E-state index in [-0.39, 0.29) is 12.6 Å². The van der Waals surface area contributed by atoms with Gasteiger partial charge in [-0.15, -0.1) is 0 Å². The maximum Gasteiger partial charge on any atom is 0.302 e. The molecule has 0 saturated carbocycles. The Bertz CT molecular complexity index is 479. The van der Waals surface area contributed by atoms with Crippen LogP contribution in [0.3, 0.4) is 0 Å². The molecule has 1 rings (SSSR count). The van der Waals surface area contributed by atoms with Crippen molar-refractivity contribution in [3.8, 4) is 17.2 Å².